The highest BCUT2D eigenvalue weighted by Crippen LogP contribution is 2.27. The van der Waals surface area contributed by atoms with Crippen LogP contribution < -0.4 is 10.2 Å². The van der Waals surface area contributed by atoms with E-state index in [1.807, 2.05) is 24.3 Å². The zero-order chi connectivity index (χ0) is 16.8. The summed E-state index contributed by atoms with van der Waals surface area (Å²) in [6, 6.07) is 7.40. The van der Waals surface area contributed by atoms with Gasteiger partial charge < -0.3 is 15.0 Å². The Bertz CT molecular complexity index is 645. The minimum atomic E-state index is -0.476. The fourth-order valence-corrected chi connectivity index (χ4v) is 2.69. The minimum Gasteiger partial charge on any atom is -0.466 e. The third kappa shape index (κ3) is 4.66. The molecule has 1 aromatic rings. The van der Waals surface area contributed by atoms with Crippen LogP contribution in [-0.4, -0.2) is 38.0 Å². The fourth-order valence-electron chi connectivity index (χ4n) is 2.30. The van der Waals surface area contributed by atoms with Crippen molar-refractivity contribution in [2.24, 2.45) is 5.92 Å². The second kappa shape index (κ2) is 7.92. The Hall–Kier alpha value is -2.15. The van der Waals surface area contributed by atoms with Gasteiger partial charge in [0.15, 0.2) is 0 Å². The molecule has 2 rings (SSSR count). The SMILES string of the molecule is COC(=O)/C=C/CNC(=O)C1CC(=O)N(c2cccc(Br)c2)C1. The normalized spacial score (nSPS) is 17.6. The molecule has 1 heterocycles. The van der Waals surface area contributed by atoms with Crippen molar-refractivity contribution in [1.29, 1.82) is 0 Å². The lowest BCUT2D eigenvalue weighted by atomic mass is 10.1. The van der Waals surface area contributed by atoms with Gasteiger partial charge in [-0.05, 0) is 18.2 Å². The molecule has 2 amide bonds. The molecular weight excluding hydrogens is 364 g/mol. The highest BCUT2D eigenvalue weighted by Gasteiger charge is 2.34. The fraction of sp³-hybridized carbons (Fsp3) is 0.312. The average Bonchev–Trinajstić information content (AvgIpc) is 2.93. The quantitative estimate of drug-likeness (QED) is 0.622. The van der Waals surface area contributed by atoms with Crippen molar-refractivity contribution in [3.05, 3.63) is 40.9 Å². The summed E-state index contributed by atoms with van der Waals surface area (Å²) < 4.78 is 5.33. The van der Waals surface area contributed by atoms with Crippen LogP contribution in [0.25, 0.3) is 0 Å². The van der Waals surface area contributed by atoms with Crippen LogP contribution in [-0.2, 0) is 19.1 Å². The van der Waals surface area contributed by atoms with Crippen molar-refractivity contribution >= 4 is 39.4 Å². The molecule has 1 atom stereocenters. The first kappa shape index (κ1) is 17.2. The number of rotatable bonds is 5. The van der Waals surface area contributed by atoms with Crippen LogP contribution in [0.2, 0.25) is 0 Å². The molecule has 0 bridgehead atoms. The number of halogens is 1. The summed E-state index contributed by atoms with van der Waals surface area (Å²) in [5, 5.41) is 2.69. The van der Waals surface area contributed by atoms with E-state index in [2.05, 4.69) is 26.0 Å². The third-order valence-electron chi connectivity index (χ3n) is 3.46. The van der Waals surface area contributed by atoms with Gasteiger partial charge in [0.1, 0.15) is 0 Å². The standard InChI is InChI=1S/C16H17BrN2O4/c1-23-15(21)6-3-7-18-16(22)11-8-14(20)19(10-11)13-5-2-4-12(17)9-13/h2-6,9,11H,7-8,10H2,1H3,(H,18,22)/b6-3+. The largest absolute Gasteiger partial charge is 0.466 e. The van der Waals surface area contributed by atoms with E-state index < -0.39 is 11.9 Å². The van der Waals surface area contributed by atoms with Gasteiger partial charge >= 0.3 is 5.97 Å². The molecule has 122 valence electrons. The van der Waals surface area contributed by atoms with Crippen LogP contribution in [0.1, 0.15) is 6.42 Å². The lowest BCUT2D eigenvalue weighted by molar-refractivity contribution is -0.135. The van der Waals surface area contributed by atoms with Crippen molar-refractivity contribution in [2.75, 3.05) is 25.1 Å². The molecule has 1 aliphatic heterocycles. The van der Waals surface area contributed by atoms with Crippen molar-refractivity contribution in [2.45, 2.75) is 6.42 Å². The molecule has 0 radical (unpaired) electrons. The van der Waals surface area contributed by atoms with Crippen LogP contribution in [0.4, 0.5) is 5.69 Å². The van der Waals surface area contributed by atoms with Gasteiger partial charge in [0.05, 0.1) is 13.0 Å². The first-order valence-corrected chi connectivity index (χ1v) is 7.88. The van der Waals surface area contributed by atoms with Crippen LogP contribution in [0.15, 0.2) is 40.9 Å². The van der Waals surface area contributed by atoms with Gasteiger partial charge in [-0.3, -0.25) is 9.59 Å². The van der Waals surface area contributed by atoms with E-state index in [9.17, 15) is 14.4 Å². The molecule has 7 heteroatoms. The van der Waals surface area contributed by atoms with E-state index in [-0.39, 0.29) is 24.8 Å². The van der Waals surface area contributed by atoms with Gasteiger partial charge in [-0.15, -0.1) is 0 Å². The highest BCUT2D eigenvalue weighted by atomic mass is 79.9. The number of methoxy groups -OCH3 is 1. The molecule has 0 spiro atoms. The van der Waals surface area contributed by atoms with Crippen LogP contribution in [0.5, 0.6) is 0 Å². The highest BCUT2D eigenvalue weighted by molar-refractivity contribution is 9.10. The van der Waals surface area contributed by atoms with Crippen molar-refractivity contribution < 1.29 is 19.1 Å². The number of carbonyl (C=O) groups is 3. The van der Waals surface area contributed by atoms with Gasteiger partial charge in [0.2, 0.25) is 11.8 Å². The van der Waals surface area contributed by atoms with Crippen LogP contribution in [0.3, 0.4) is 0 Å². The maximum absolute atomic E-state index is 12.1. The average molecular weight is 381 g/mol. The number of amides is 2. The Morgan fingerprint density at radius 1 is 1.48 bits per heavy atom. The number of benzene rings is 1. The van der Waals surface area contributed by atoms with Gasteiger partial charge in [0, 0.05) is 35.7 Å². The molecular formula is C16H17BrN2O4. The maximum Gasteiger partial charge on any atom is 0.330 e. The summed E-state index contributed by atoms with van der Waals surface area (Å²) in [6.45, 7) is 0.567. The zero-order valence-electron chi connectivity index (χ0n) is 12.6. The van der Waals surface area contributed by atoms with E-state index in [0.717, 1.165) is 10.2 Å². The smallest absolute Gasteiger partial charge is 0.330 e. The van der Waals surface area contributed by atoms with Crippen LogP contribution in [0, 0.1) is 5.92 Å². The second-order valence-corrected chi connectivity index (χ2v) is 5.97. The second-order valence-electron chi connectivity index (χ2n) is 5.06. The predicted molar refractivity (Wildman–Crippen MR) is 88.8 cm³/mol. The molecule has 0 aliphatic carbocycles. The van der Waals surface area contributed by atoms with Gasteiger partial charge in [-0.1, -0.05) is 28.1 Å². The number of anilines is 1. The number of carbonyl (C=O) groups excluding carboxylic acids is 3. The summed E-state index contributed by atoms with van der Waals surface area (Å²) in [6.07, 6.45) is 2.93. The molecule has 1 saturated heterocycles. The lowest BCUT2D eigenvalue weighted by Gasteiger charge is -2.16. The number of ether oxygens (including phenoxy) is 1. The summed E-state index contributed by atoms with van der Waals surface area (Å²) >= 11 is 3.37. The Labute approximate surface area is 142 Å². The van der Waals surface area contributed by atoms with E-state index in [4.69, 9.17) is 0 Å². The Kier molecular flexibility index (Phi) is 5.92. The summed E-state index contributed by atoms with van der Waals surface area (Å²) in [4.78, 5) is 36.7. The van der Waals surface area contributed by atoms with Gasteiger partial charge in [-0.2, -0.15) is 0 Å². The van der Waals surface area contributed by atoms with Crippen molar-refractivity contribution in [3.8, 4) is 0 Å². The first-order chi connectivity index (χ1) is 11.0. The van der Waals surface area contributed by atoms with Gasteiger partial charge in [0.25, 0.3) is 0 Å². The molecule has 1 unspecified atom stereocenters. The molecule has 6 nitrogen and oxygen atoms in total. The topological polar surface area (TPSA) is 75.7 Å². The maximum atomic E-state index is 12.1. The molecule has 1 aromatic carbocycles. The Morgan fingerprint density at radius 3 is 2.96 bits per heavy atom. The first-order valence-electron chi connectivity index (χ1n) is 7.09. The Balaban J connectivity index is 1.90. The van der Waals surface area contributed by atoms with E-state index in [0.29, 0.717) is 6.54 Å². The minimum absolute atomic E-state index is 0.0756. The Morgan fingerprint density at radius 2 is 2.26 bits per heavy atom. The number of nitrogens with zero attached hydrogens (tertiary/aromatic N) is 1. The zero-order valence-corrected chi connectivity index (χ0v) is 14.2. The monoisotopic (exact) mass is 380 g/mol. The molecule has 1 N–H and O–H groups in total. The number of hydrogen-bond acceptors (Lipinski definition) is 4. The lowest BCUT2D eigenvalue weighted by Crippen LogP contribution is -2.33. The number of hydrogen-bond donors (Lipinski definition) is 1. The molecule has 1 fully saturated rings. The summed E-state index contributed by atoms with van der Waals surface area (Å²) in [5.41, 5.74) is 0.769. The molecule has 0 aromatic heterocycles. The summed E-state index contributed by atoms with van der Waals surface area (Å²) in [7, 11) is 1.28. The number of esters is 1. The predicted octanol–water partition coefficient (Wildman–Crippen LogP) is 1.65. The van der Waals surface area contributed by atoms with Crippen LogP contribution >= 0.6 is 15.9 Å². The van der Waals surface area contributed by atoms with Crippen molar-refractivity contribution in [3.63, 3.8) is 0 Å². The van der Waals surface area contributed by atoms with E-state index >= 15 is 0 Å². The molecule has 1 aliphatic rings. The number of nitrogens with one attached hydrogen (secondary N) is 1. The van der Waals surface area contributed by atoms with Gasteiger partial charge in [-0.25, -0.2) is 4.79 Å². The third-order valence-corrected chi connectivity index (χ3v) is 3.96. The summed E-state index contributed by atoms with van der Waals surface area (Å²) in [5.74, 6) is -1.15. The molecule has 23 heavy (non-hydrogen) atoms. The van der Waals surface area contributed by atoms with E-state index in [1.165, 1.54) is 19.3 Å². The van der Waals surface area contributed by atoms with E-state index in [1.54, 1.807) is 4.90 Å². The van der Waals surface area contributed by atoms with Crippen molar-refractivity contribution in [1.82, 2.24) is 5.32 Å². The molecule has 0 saturated carbocycles.